The Bertz CT molecular complexity index is 683. The number of methoxy groups -OCH3 is 1. The third kappa shape index (κ3) is 2.68. The van der Waals surface area contributed by atoms with Crippen LogP contribution in [-0.4, -0.2) is 51.5 Å². The van der Waals surface area contributed by atoms with Crippen molar-refractivity contribution in [2.75, 3.05) is 20.7 Å². The molecule has 0 radical (unpaired) electrons. The summed E-state index contributed by atoms with van der Waals surface area (Å²) in [4.78, 5) is 13.8. The average Bonchev–Trinajstić information content (AvgIpc) is 3.05. The minimum atomic E-state index is -0.0587. The van der Waals surface area contributed by atoms with Crippen LogP contribution in [0.25, 0.3) is 11.4 Å². The Morgan fingerprint density at radius 3 is 2.55 bits per heavy atom. The zero-order valence-electron chi connectivity index (χ0n) is 12.8. The highest BCUT2D eigenvalue weighted by Crippen LogP contribution is 2.31. The van der Waals surface area contributed by atoms with Crippen molar-refractivity contribution < 1.29 is 9.53 Å². The van der Waals surface area contributed by atoms with E-state index in [2.05, 4.69) is 10.2 Å². The molecule has 1 amide bonds. The molecular weight excluding hydrogens is 300 g/mol. The van der Waals surface area contributed by atoms with E-state index >= 15 is 0 Å². The van der Waals surface area contributed by atoms with Crippen LogP contribution in [-0.2, 0) is 11.8 Å². The van der Waals surface area contributed by atoms with Crippen LogP contribution in [0.4, 0.5) is 0 Å². The fourth-order valence-corrected chi connectivity index (χ4v) is 3.53. The highest BCUT2D eigenvalue weighted by Gasteiger charge is 2.31. The van der Waals surface area contributed by atoms with Gasteiger partial charge in [-0.15, -0.1) is 10.2 Å². The van der Waals surface area contributed by atoms with Crippen molar-refractivity contribution in [3.05, 3.63) is 24.3 Å². The lowest BCUT2D eigenvalue weighted by Gasteiger charge is -2.09. The van der Waals surface area contributed by atoms with Gasteiger partial charge in [0.05, 0.1) is 12.4 Å². The van der Waals surface area contributed by atoms with Gasteiger partial charge in [-0.1, -0.05) is 11.8 Å². The summed E-state index contributed by atoms with van der Waals surface area (Å²) in [5, 5.41) is 9.19. The first-order valence-corrected chi connectivity index (χ1v) is 7.93. The molecular formula is C15H18N4O2S. The maximum atomic E-state index is 12.0. The van der Waals surface area contributed by atoms with Gasteiger partial charge in [-0.25, -0.2) is 0 Å². The second-order valence-corrected chi connectivity index (χ2v) is 6.42. The van der Waals surface area contributed by atoms with E-state index in [9.17, 15) is 4.79 Å². The van der Waals surface area contributed by atoms with Gasteiger partial charge < -0.3 is 14.2 Å². The summed E-state index contributed by atoms with van der Waals surface area (Å²) in [6.45, 7) is 0.805. The van der Waals surface area contributed by atoms with E-state index in [1.165, 1.54) is 11.8 Å². The topological polar surface area (TPSA) is 60.3 Å². The molecule has 1 aliphatic rings. The van der Waals surface area contributed by atoms with Crippen molar-refractivity contribution in [1.29, 1.82) is 0 Å². The van der Waals surface area contributed by atoms with Crippen LogP contribution >= 0.6 is 11.8 Å². The molecule has 1 fully saturated rings. The molecule has 116 valence electrons. The predicted molar refractivity (Wildman–Crippen MR) is 84.9 cm³/mol. The van der Waals surface area contributed by atoms with Crippen LogP contribution in [0.15, 0.2) is 29.4 Å². The number of rotatable bonds is 4. The molecule has 6 nitrogen and oxygen atoms in total. The molecule has 0 bridgehead atoms. The molecule has 0 spiro atoms. The van der Waals surface area contributed by atoms with E-state index in [1.807, 2.05) is 42.9 Å². The minimum Gasteiger partial charge on any atom is -0.497 e. The smallest absolute Gasteiger partial charge is 0.235 e. The van der Waals surface area contributed by atoms with Crippen molar-refractivity contribution in [1.82, 2.24) is 19.7 Å². The lowest BCUT2D eigenvalue weighted by Crippen LogP contribution is -2.23. The fourth-order valence-electron chi connectivity index (χ4n) is 2.44. The number of hydrogen-bond donors (Lipinski definition) is 0. The highest BCUT2D eigenvalue weighted by atomic mass is 32.2. The standard InChI is InChI=1S/C15H18N4O2S/c1-18-9-8-12(14(18)20)22-15-17-16-13(19(15)2)10-4-6-11(21-3)7-5-10/h4-7,12H,8-9H2,1-3H3. The van der Waals surface area contributed by atoms with E-state index in [-0.39, 0.29) is 11.2 Å². The Morgan fingerprint density at radius 1 is 1.23 bits per heavy atom. The van der Waals surface area contributed by atoms with Crippen LogP contribution in [0.2, 0.25) is 0 Å². The molecule has 0 aliphatic carbocycles. The fraction of sp³-hybridized carbons (Fsp3) is 0.400. The quantitative estimate of drug-likeness (QED) is 0.860. The average molecular weight is 318 g/mol. The zero-order chi connectivity index (χ0) is 15.7. The Morgan fingerprint density at radius 2 is 1.95 bits per heavy atom. The number of carbonyl (C=O) groups is 1. The molecule has 0 N–H and O–H groups in total. The van der Waals surface area contributed by atoms with E-state index in [4.69, 9.17) is 4.74 Å². The number of aromatic nitrogens is 3. The summed E-state index contributed by atoms with van der Waals surface area (Å²) in [5.74, 6) is 1.75. The number of benzene rings is 1. The van der Waals surface area contributed by atoms with E-state index < -0.39 is 0 Å². The van der Waals surface area contributed by atoms with E-state index in [0.29, 0.717) is 0 Å². The molecule has 7 heteroatoms. The molecule has 22 heavy (non-hydrogen) atoms. The van der Waals surface area contributed by atoms with Crippen LogP contribution in [0.3, 0.4) is 0 Å². The Balaban J connectivity index is 1.81. The van der Waals surface area contributed by atoms with Gasteiger partial charge >= 0.3 is 0 Å². The number of likely N-dealkylation sites (tertiary alicyclic amines) is 1. The first-order valence-electron chi connectivity index (χ1n) is 7.05. The third-order valence-corrected chi connectivity index (χ3v) is 5.10. The largest absolute Gasteiger partial charge is 0.497 e. The summed E-state index contributed by atoms with van der Waals surface area (Å²) in [7, 11) is 5.40. The minimum absolute atomic E-state index is 0.0587. The van der Waals surface area contributed by atoms with Gasteiger partial charge in [0.1, 0.15) is 5.75 Å². The molecule has 1 saturated heterocycles. The number of ether oxygens (including phenoxy) is 1. The summed E-state index contributed by atoms with van der Waals surface area (Å²) in [6, 6.07) is 7.69. The van der Waals surface area contributed by atoms with Gasteiger partial charge in [-0.3, -0.25) is 4.79 Å². The lowest BCUT2D eigenvalue weighted by molar-refractivity contribution is -0.126. The summed E-state index contributed by atoms with van der Waals surface area (Å²) in [6.07, 6.45) is 0.852. The maximum Gasteiger partial charge on any atom is 0.235 e. The van der Waals surface area contributed by atoms with Crippen molar-refractivity contribution in [3.63, 3.8) is 0 Å². The van der Waals surface area contributed by atoms with Gasteiger partial charge in [0.2, 0.25) is 5.91 Å². The molecule has 1 unspecified atom stereocenters. The number of thioether (sulfide) groups is 1. The maximum absolute atomic E-state index is 12.0. The first-order chi connectivity index (χ1) is 10.6. The molecule has 3 rings (SSSR count). The molecule has 0 saturated carbocycles. The number of carbonyl (C=O) groups excluding carboxylic acids is 1. The zero-order valence-corrected chi connectivity index (χ0v) is 13.6. The Kier molecular flexibility index (Phi) is 4.06. The van der Waals surface area contributed by atoms with Crippen molar-refractivity contribution >= 4 is 17.7 Å². The lowest BCUT2D eigenvalue weighted by atomic mass is 10.2. The van der Waals surface area contributed by atoms with E-state index in [1.54, 1.807) is 12.0 Å². The van der Waals surface area contributed by atoms with E-state index in [0.717, 1.165) is 35.3 Å². The second kappa shape index (κ2) is 6.00. The van der Waals surface area contributed by atoms with Gasteiger partial charge in [-0.2, -0.15) is 0 Å². The van der Waals surface area contributed by atoms with Crippen molar-refractivity contribution in [2.45, 2.75) is 16.8 Å². The van der Waals surface area contributed by atoms with Crippen molar-refractivity contribution in [2.24, 2.45) is 7.05 Å². The van der Waals surface area contributed by atoms with Crippen LogP contribution < -0.4 is 4.74 Å². The molecule has 2 aromatic rings. The van der Waals surface area contributed by atoms with Gasteiger partial charge in [0.25, 0.3) is 0 Å². The molecule has 2 heterocycles. The summed E-state index contributed by atoms with van der Waals surface area (Å²) >= 11 is 1.49. The van der Waals surface area contributed by atoms with Crippen LogP contribution in [0, 0.1) is 0 Å². The molecule has 1 aromatic heterocycles. The van der Waals surface area contributed by atoms with Gasteiger partial charge in [0.15, 0.2) is 11.0 Å². The third-order valence-electron chi connectivity index (χ3n) is 3.81. The Labute approximate surface area is 133 Å². The summed E-state index contributed by atoms with van der Waals surface area (Å²) < 4.78 is 7.09. The van der Waals surface area contributed by atoms with Crippen LogP contribution in [0.1, 0.15) is 6.42 Å². The molecule has 1 atom stereocenters. The summed E-state index contributed by atoms with van der Waals surface area (Å²) in [5.41, 5.74) is 0.970. The SMILES string of the molecule is COc1ccc(-c2nnc(SC3CCN(C)C3=O)n2C)cc1. The predicted octanol–water partition coefficient (Wildman–Crippen LogP) is 1.81. The highest BCUT2D eigenvalue weighted by molar-refractivity contribution is 8.00. The van der Waals surface area contributed by atoms with Crippen molar-refractivity contribution in [3.8, 4) is 17.1 Å². The molecule has 1 aromatic carbocycles. The van der Waals surface area contributed by atoms with Crippen LogP contribution in [0.5, 0.6) is 5.75 Å². The molecule has 1 aliphatic heterocycles. The monoisotopic (exact) mass is 318 g/mol. The normalized spacial score (nSPS) is 18.0. The number of nitrogens with zero attached hydrogens (tertiary/aromatic N) is 4. The Hall–Kier alpha value is -2.02. The second-order valence-electron chi connectivity index (χ2n) is 5.25. The first kappa shape index (κ1) is 14.9. The number of hydrogen-bond acceptors (Lipinski definition) is 5. The number of amides is 1. The van der Waals surface area contributed by atoms with Gasteiger partial charge in [0, 0.05) is 26.2 Å². The van der Waals surface area contributed by atoms with Gasteiger partial charge in [-0.05, 0) is 30.7 Å².